The molecule has 0 bridgehead atoms. The molecule has 6 nitrogen and oxygen atoms in total. The third-order valence-corrected chi connectivity index (χ3v) is 6.58. The lowest BCUT2D eigenvalue weighted by atomic mass is 10.1. The van der Waals surface area contributed by atoms with E-state index in [0.29, 0.717) is 22.8 Å². The second-order valence-electron chi connectivity index (χ2n) is 8.73. The lowest BCUT2D eigenvalue weighted by molar-refractivity contribution is 0.249. The van der Waals surface area contributed by atoms with E-state index in [2.05, 4.69) is 9.80 Å². The average molecular weight is 495 g/mol. The molecule has 1 aliphatic heterocycles. The molecule has 1 saturated heterocycles. The van der Waals surface area contributed by atoms with E-state index in [-0.39, 0.29) is 11.3 Å². The molecule has 1 aliphatic rings. The molecule has 36 heavy (non-hydrogen) atoms. The summed E-state index contributed by atoms with van der Waals surface area (Å²) in [4.78, 5) is 4.70. The molecule has 4 aromatic rings. The molecule has 8 heteroatoms. The van der Waals surface area contributed by atoms with Gasteiger partial charge in [0.25, 0.3) is 0 Å². The van der Waals surface area contributed by atoms with Gasteiger partial charge in [0.2, 0.25) is 0 Å². The van der Waals surface area contributed by atoms with Crippen LogP contribution in [0.15, 0.2) is 59.0 Å². The number of fused-ring (bicyclic) bond motifs is 1. The van der Waals surface area contributed by atoms with Crippen LogP contribution in [0, 0.1) is 11.6 Å². The smallest absolute Gasteiger partial charge is 0.176 e. The van der Waals surface area contributed by atoms with Crippen molar-refractivity contribution in [2.45, 2.75) is 6.54 Å². The fourth-order valence-electron chi connectivity index (χ4n) is 4.72. The second-order valence-corrected chi connectivity index (χ2v) is 8.73. The summed E-state index contributed by atoms with van der Waals surface area (Å²) in [5.74, 6) is 0.771. The molecule has 5 rings (SSSR count). The monoisotopic (exact) mass is 494 g/mol. The molecule has 2 heterocycles. The molecule has 0 N–H and O–H groups in total. The summed E-state index contributed by atoms with van der Waals surface area (Å²) in [6.07, 6.45) is 0. The first-order chi connectivity index (χ1) is 17.5. The lowest BCUT2D eigenvalue weighted by Gasteiger charge is -2.36. The normalized spacial score (nSPS) is 14.3. The van der Waals surface area contributed by atoms with Crippen LogP contribution in [0.5, 0.6) is 17.2 Å². The Morgan fingerprint density at radius 3 is 2.14 bits per heavy atom. The van der Waals surface area contributed by atoms with E-state index >= 15 is 0 Å². The molecule has 0 saturated carbocycles. The van der Waals surface area contributed by atoms with Gasteiger partial charge in [-0.3, -0.25) is 4.90 Å². The zero-order valence-corrected chi connectivity index (χ0v) is 20.5. The number of hydrogen-bond acceptors (Lipinski definition) is 6. The van der Waals surface area contributed by atoms with Crippen LogP contribution in [-0.2, 0) is 6.54 Å². The van der Waals surface area contributed by atoms with Crippen molar-refractivity contribution in [3.63, 3.8) is 0 Å². The Morgan fingerprint density at radius 2 is 1.47 bits per heavy atom. The van der Waals surface area contributed by atoms with E-state index in [4.69, 9.17) is 18.6 Å². The predicted molar refractivity (Wildman–Crippen MR) is 135 cm³/mol. The third-order valence-electron chi connectivity index (χ3n) is 6.58. The molecule has 188 valence electrons. The Kier molecular flexibility index (Phi) is 6.69. The number of nitrogens with zero attached hydrogens (tertiary/aromatic N) is 2. The number of anilines is 1. The van der Waals surface area contributed by atoms with Gasteiger partial charge in [-0.1, -0.05) is 6.07 Å². The Morgan fingerprint density at radius 1 is 0.778 bits per heavy atom. The Hall–Kier alpha value is -3.78. The van der Waals surface area contributed by atoms with Crippen molar-refractivity contribution in [1.82, 2.24) is 4.90 Å². The van der Waals surface area contributed by atoms with Crippen molar-refractivity contribution in [3.05, 3.63) is 71.8 Å². The minimum absolute atomic E-state index is 0.139. The van der Waals surface area contributed by atoms with Crippen LogP contribution in [0.1, 0.15) is 5.56 Å². The SMILES string of the molecule is COc1ccc(N2CCN(Cc3cc(OC)c4oc(-c5c(F)cccc5F)cc4c3)CC2)cc1OC. The standard InChI is InChI=1S/C28H28F2N2O4/c1-33-23-8-7-20(16-24(23)34-2)32-11-9-31(10-12-32)17-18-13-19-15-25(36-28(19)26(14-18)35-3)27-21(29)5-4-6-22(27)30/h4-8,13-16H,9-12,17H2,1-3H3. The van der Waals surface area contributed by atoms with E-state index in [1.54, 1.807) is 27.4 Å². The molecule has 0 radical (unpaired) electrons. The van der Waals surface area contributed by atoms with Crippen LogP contribution in [0.3, 0.4) is 0 Å². The number of ether oxygens (including phenoxy) is 3. The zero-order chi connectivity index (χ0) is 25.2. The summed E-state index contributed by atoms with van der Waals surface area (Å²) in [6, 6.07) is 15.3. The molecule has 0 atom stereocenters. The van der Waals surface area contributed by atoms with Crippen molar-refractivity contribution >= 4 is 16.7 Å². The number of piperazine rings is 1. The van der Waals surface area contributed by atoms with Gasteiger partial charge >= 0.3 is 0 Å². The van der Waals surface area contributed by atoms with Gasteiger partial charge in [0.1, 0.15) is 17.4 Å². The van der Waals surface area contributed by atoms with Crippen molar-refractivity contribution < 1.29 is 27.4 Å². The first kappa shape index (κ1) is 23.9. The van der Waals surface area contributed by atoms with Crippen LogP contribution in [-0.4, -0.2) is 52.4 Å². The fraction of sp³-hybridized carbons (Fsp3) is 0.286. The van der Waals surface area contributed by atoms with Crippen LogP contribution in [0.4, 0.5) is 14.5 Å². The Labute approximate surface area is 208 Å². The van der Waals surface area contributed by atoms with Crippen LogP contribution >= 0.6 is 0 Å². The first-order valence-electron chi connectivity index (χ1n) is 11.7. The largest absolute Gasteiger partial charge is 0.493 e. The highest BCUT2D eigenvalue weighted by atomic mass is 19.1. The van der Waals surface area contributed by atoms with Crippen LogP contribution in [0.25, 0.3) is 22.3 Å². The van der Waals surface area contributed by atoms with Gasteiger partial charge in [-0.2, -0.15) is 0 Å². The molecule has 0 unspecified atom stereocenters. The van der Waals surface area contributed by atoms with Gasteiger partial charge in [-0.15, -0.1) is 0 Å². The summed E-state index contributed by atoms with van der Waals surface area (Å²) in [5.41, 5.74) is 2.43. The molecule has 1 fully saturated rings. The molecule has 0 spiro atoms. The van der Waals surface area contributed by atoms with Crippen molar-refractivity contribution in [1.29, 1.82) is 0 Å². The fourth-order valence-corrected chi connectivity index (χ4v) is 4.72. The van der Waals surface area contributed by atoms with Gasteiger partial charge in [-0.25, -0.2) is 8.78 Å². The van der Waals surface area contributed by atoms with Gasteiger partial charge in [-0.05, 0) is 48.0 Å². The summed E-state index contributed by atoms with van der Waals surface area (Å²) < 4.78 is 50.8. The highest BCUT2D eigenvalue weighted by molar-refractivity contribution is 5.88. The second kappa shape index (κ2) is 10.1. The first-order valence-corrected chi connectivity index (χ1v) is 11.7. The van der Waals surface area contributed by atoms with Gasteiger partial charge < -0.3 is 23.5 Å². The highest BCUT2D eigenvalue weighted by Crippen LogP contribution is 2.37. The minimum atomic E-state index is -0.666. The molecule has 3 aromatic carbocycles. The highest BCUT2D eigenvalue weighted by Gasteiger charge is 2.21. The van der Waals surface area contributed by atoms with Crippen LogP contribution < -0.4 is 19.1 Å². The van der Waals surface area contributed by atoms with Crippen molar-refractivity contribution in [2.75, 3.05) is 52.4 Å². The summed E-state index contributed by atoms with van der Waals surface area (Å²) >= 11 is 0. The van der Waals surface area contributed by atoms with E-state index in [1.165, 1.54) is 18.2 Å². The Balaban J connectivity index is 1.32. The minimum Gasteiger partial charge on any atom is -0.493 e. The molecular weight excluding hydrogens is 466 g/mol. The quantitative estimate of drug-likeness (QED) is 0.327. The lowest BCUT2D eigenvalue weighted by Crippen LogP contribution is -2.45. The predicted octanol–water partition coefficient (Wildman–Crippen LogP) is 5.73. The summed E-state index contributed by atoms with van der Waals surface area (Å²) in [6.45, 7) is 4.23. The Bertz CT molecular complexity index is 1360. The van der Waals surface area contributed by atoms with Crippen molar-refractivity contribution in [3.8, 4) is 28.6 Å². The number of methoxy groups -OCH3 is 3. The molecule has 0 amide bonds. The van der Waals surface area contributed by atoms with Gasteiger partial charge in [0.05, 0.1) is 26.9 Å². The number of furan rings is 1. The van der Waals surface area contributed by atoms with Gasteiger partial charge in [0, 0.05) is 49.9 Å². The molecule has 0 aliphatic carbocycles. The van der Waals surface area contributed by atoms with Crippen molar-refractivity contribution in [2.24, 2.45) is 0 Å². The summed E-state index contributed by atoms with van der Waals surface area (Å²) in [5, 5.41) is 0.742. The van der Waals surface area contributed by atoms with E-state index in [0.717, 1.165) is 49.4 Å². The average Bonchev–Trinajstić information content (AvgIpc) is 3.31. The topological polar surface area (TPSA) is 47.3 Å². The number of hydrogen-bond donors (Lipinski definition) is 0. The van der Waals surface area contributed by atoms with E-state index in [1.807, 2.05) is 30.3 Å². The van der Waals surface area contributed by atoms with E-state index < -0.39 is 11.6 Å². The zero-order valence-electron chi connectivity index (χ0n) is 20.5. The third kappa shape index (κ3) is 4.56. The molecule has 1 aromatic heterocycles. The number of rotatable bonds is 7. The maximum absolute atomic E-state index is 14.3. The summed E-state index contributed by atoms with van der Waals surface area (Å²) in [7, 11) is 4.83. The maximum atomic E-state index is 14.3. The van der Waals surface area contributed by atoms with Crippen LogP contribution in [0.2, 0.25) is 0 Å². The molecular formula is C28H28F2N2O4. The maximum Gasteiger partial charge on any atom is 0.176 e. The number of halogens is 2. The number of benzene rings is 3. The van der Waals surface area contributed by atoms with Gasteiger partial charge in [0.15, 0.2) is 22.8 Å². The van der Waals surface area contributed by atoms with E-state index in [9.17, 15) is 8.78 Å².